The number of carboxylic acids is 2. The third-order valence-electron chi connectivity index (χ3n) is 2.48. The number of hydrogen-bond acceptors (Lipinski definition) is 3. The summed E-state index contributed by atoms with van der Waals surface area (Å²) in [5.74, 6) is -2.01. The molecule has 2 N–H and O–H groups in total. The van der Waals surface area contributed by atoms with E-state index < -0.39 is 11.9 Å². The van der Waals surface area contributed by atoms with Gasteiger partial charge in [-0.1, -0.05) is 20.8 Å². The fourth-order valence-electron chi connectivity index (χ4n) is 1.22. The second-order valence-electron chi connectivity index (χ2n) is 4.73. The Labute approximate surface area is 89.7 Å². The summed E-state index contributed by atoms with van der Waals surface area (Å²) in [5, 5.41) is 17.4. The summed E-state index contributed by atoms with van der Waals surface area (Å²) >= 11 is 0. The van der Waals surface area contributed by atoms with Gasteiger partial charge >= 0.3 is 11.9 Å². The fraction of sp³-hybridized carbons (Fsp3) is 0.800. The first kappa shape index (κ1) is 13.9. The molecule has 5 heteroatoms. The monoisotopic (exact) mass is 217 g/mol. The highest BCUT2D eigenvalue weighted by molar-refractivity contribution is 5.72. The molecule has 0 saturated carbocycles. The van der Waals surface area contributed by atoms with Crippen molar-refractivity contribution in [1.82, 2.24) is 4.90 Å². The number of hydrogen-bond donors (Lipinski definition) is 2. The second-order valence-corrected chi connectivity index (χ2v) is 4.73. The van der Waals surface area contributed by atoms with E-state index in [9.17, 15) is 9.59 Å². The van der Waals surface area contributed by atoms with Crippen molar-refractivity contribution >= 4 is 11.9 Å². The zero-order chi connectivity index (χ0) is 12.2. The van der Waals surface area contributed by atoms with Gasteiger partial charge in [-0.2, -0.15) is 0 Å². The molecule has 0 fully saturated rings. The lowest BCUT2D eigenvalue weighted by Gasteiger charge is -2.35. The van der Waals surface area contributed by atoms with E-state index in [1.807, 2.05) is 27.7 Å². The first-order valence-corrected chi connectivity index (χ1v) is 4.82. The number of nitrogens with zero attached hydrogens (tertiary/aromatic N) is 1. The van der Waals surface area contributed by atoms with Gasteiger partial charge in [0.15, 0.2) is 0 Å². The minimum absolute atomic E-state index is 0.107. The first-order valence-electron chi connectivity index (χ1n) is 4.82. The highest BCUT2D eigenvalue weighted by Gasteiger charge is 2.28. The van der Waals surface area contributed by atoms with Crippen molar-refractivity contribution in [3.8, 4) is 0 Å². The summed E-state index contributed by atoms with van der Waals surface area (Å²) in [5.41, 5.74) is -0.148. The van der Waals surface area contributed by atoms with Crippen LogP contribution in [0.1, 0.15) is 27.7 Å². The number of aliphatic carboxylic acids is 2. The van der Waals surface area contributed by atoms with Gasteiger partial charge in [0.2, 0.25) is 0 Å². The third kappa shape index (κ3) is 5.37. The zero-order valence-corrected chi connectivity index (χ0v) is 9.65. The number of carboxylic acid groups (broad SMARTS) is 2. The molecule has 0 spiro atoms. The molecule has 0 aromatic heterocycles. The van der Waals surface area contributed by atoms with Crippen molar-refractivity contribution in [1.29, 1.82) is 0 Å². The van der Waals surface area contributed by atoms with Gasteiger partial charge in [-0.05, 0) is 12.3 Å². The third-order valence-corrected chi connectivity index (χ3v) is 2.48. The van der Waals surface area contributed by atoms with Gasteiger partial charge in [-0.3, -0.25) is 14.5 Å². The SMILES string of the molecule is CC(N(CC(=O)O)CC(=O)O)C(C)(C)C. The molecule has 0 aromatic carbocycles. The fourth-order valence-corrected chi connectivity index (χ4v) is 1.22. The van der Waals surface area contributed by atoms with Gasteiger partial charge in [0.1, 0.15) is 0 Å². The lowest BCUT2D eigenvalue weighted by Crippen LogP contribution is -2.46. The summed E-state index contributed by atoms with van der Waals surface area (Å²) in [6.45, 7) is 7.21. The molecular weight excluding hydrogens is 198 g/mol. The molecule has 0 amide bonds. The Morgan fingerprint density at radius 2 is 1.47 bits per heavy atom. The Kier molecular flexibility index (Phi) is 4.74. The van der Waals surface area contributed by atoms with Crippen LogP contribution >= 0.6 is 0 Å². The van der Waals surface area contributed by atoms with Crippen LogP contribution in [0.2, 0.25) is 0 Å². The number of rotatable bonds is 5. The molecule has 1 atom stereocenters. The van der Waals surface area contributed by atoms with Crippen molar-refractivity contribution in [2.24, 2.45) is 5.41 Å². The van der Waals surface area contributed by atoms with E-state index in [2.05, 4.69) is 0 Å². The van der Waals surface area contributed by atoms with Gasteiger partial charge in [-0.15, -0.1) is 0 Å². The molecule has 0 aliphatic rings. The minimum Gasteiger partial charge on any atom is -0.480 e. The largest absolute Gasteiger partial charge is 0.480 e. The van der Waals surface area contributed by atoms with Crippen LogP contribution in [0.4, 0.5) is 0 Å². The van der Waals surface area contributed by atoms with Crippen molar-refractivity contribution in [2.75, 3.05) is 13.1 Å². The lowest BCUT2D eigenvalue weighted by atomic mass is 9.87. The molecule has 1 unspecified atom stereocenters. The van der Waals surface area contributed by atoms with E-state index >= 15 is 0 Å². The molecule has 0 saturated heterocycles. The Bertz CT molecular complexity index is 228. The topological polar surface area (TPSA) is 77.8 Å². The van der Waals surface area contributed by atoms with Crippen molar-refractivity contribution in [3.63, 3.8) is 0 Å². The van der Waals surface area contributed by atoms with E-state index in [0.29, 0.717) is 0 Å². The maximum Gasteiger partial charge on any atom is 0.317 e. The molecule has 5 nitrogen and oxygen atoms in total. The standard InChI is InChI=1S/C10H19NO4/c1-7(10(2,3)4)11(5-8(12)13)6-9(14)15/h7H,5-6H2,1-4H3,(H,12,13)(H,14,15). The average molecular weight is 217 g/mol. The molecule has 88 valence electrons. The molecule has 15 heavy (non-hydrogen) atoms. The summed E-state index contributed by atoms with van der Waals surface area (Å²) in [7, 11) is 0. The normalized spacial score (nSPS) is 13.9. The van der Waals surface area contributed by atoms with Crippen LogP contribution in [0.25, 0.3) is 0 Å². The van der Waals surface area contributed by atoms with E-state index in [4.69, 9.17) is 10.2 Å². The van der Waals surface area contributed by atoms with Gasteiger partial charge in [0.25, 0.3) is 0 Å². The molecular formula is C10H19NO4. The van der Waals surface area contributed by atoms with Crippen LogP contribution in [0.3, 0.4) is 0 Å². The van der Waals surface area contributed by atoms with Crippen LogP contribution < -0.4 is 0 Å². The van der Waals surface area contributed by atoms with Crippen LogP contribution in [0.5, 0.6) is 0 Å². The molecule has 0 aliphatic carbocycles. The summed E-state index contributed by atoms with van der Waals surface area (Å²) in [6.07, 6.45) is 0. The Balaban J connectivity index is 4.61. The molecule has 0 aliphatic heterocycles. The maximum absolute atomic E-state index is 10.6. The van der Waals surface area contributed by atoms with E-state index in [1.54, 1.807) is 0 Å². The Hall–Kier alpha value is -1.10. The maximum atomic E-state index is 10.6. The van der Waals surface area contributed by atoms with E-state index in [-0.39, 0.29) is 24.5 Å². The Morgan fingerprint density at radius 3 is 1.67 bits per heavy atom. The lowest BCUT2D eigenvalue weighted by molar-refractivity contribution is -0.143. The van der Waals surface area contributed by atoms with Crippen LogP contribution in [0.15, 0.2) is 0 Å². The molecule has 0 rings (SSSR count). The van der Waals surface area contributed by atoms with Gasteiger partial charge in [-0.25, -0.2) is 0 Å². The Morgan fingerprint density at radius 1 is 1.13 bits per heavy atom. The highest BCUT2D eigenvalue weighted by Crippen LogP contribution is 2.23. The minimum atomic E-state index is -1.01. The van der Waals surface area contributed by atoms with Crippen LogP contribution in [0, 0.1) is 5.41 Å². The predicted octanol–water partition coefficient (Wildman–Crippen LogP) is 0.892. The quantitative estimate of drug-likeness (QED) is 0.715. The van der Waals surface area contributed by atoms with E-state index in [1.165, 1.54) is 4.90 Å². The average Bonchev–Trinajstić information content (AvgIpc) is 1.98. The van der Waals surface area contributed by atoms with Crippen LogP contribution in [-0.4, -0.2) is 46.2 Å². The smallest absolute Gasteiger partial charge is 0.317 e. The van der Waals surface area contributed by atoms with Crippen molar-refractivity contribution < 1.29 is 19.8 Å². The molecule has 0 radical (unpaired) electrons. The van der Waals surface area contributed by atoms with Crippen molar-refractivity contribution in [2.45, 2.75) is 33.7 Å². The van der Waals surface area contributed by atoms with Gasteiger partial charge in [0, 0.05) is 6.04 Å². The predicted molar refractivity (Wildman–Crippen MR) is 55.8 cm³/mol. The van der Waals surface area contributed by atoms with Crippen molar-refractivity contribution in [3.05, 3.63) is 0 Å². The van der Waals surface area contributed by atoms with Gasteiger partial charge in [0.05, 0.1) is 13.1 Å². The summed E-state index contributed by atoms with van der Waals surface area (Å²) < 4.78 is 0. The van der Waals surface area contributed by atoms with Gasteiger partial charge < -0.3 is 10.2 Å². The second kappa shape index (κ2) is 5.11. The number of carbonyl (C=O) groups is 2. The zero-order valence-electron chi connectivity index (χ0n) is 9.65. The highest BCUT2D eigenvalue weighted by atomic mass is 16.4. The summed E-state index contributed by atoms with van der Waals surface area (Å²) in [4.78, 5) is 22.6. The molecule has 0 bridgehead atoms. The first-order chi connectivity index (χ1) is 6.64. The summed E-state index contributed by atoms with van der Waals surface area (Å²) in [6, 6.07) is -0.107. The van der Waals surface area contributed by atoms with E-state index in [0.717, 1.165) is 0 Å². The van der Waals surface area contributed by atoms with Crippen LogP contribution in [-0.2, 0) is 9.59 Å². The molecule has 0 heterocycles. The molecule has 0 aromatic rings.